The first kappa shape index (κ1) is 12.8. The molecule has 0 aliphatic rings. The molecule has 0 aliphatic carbocycles. The molecule has 2 aromatic rings. The predicted molar refractivity (Wildman–Crippen MR) is 66.8 cm³/mol. The normalized spacial score (nSPS) is 10.4. The van der Waals surface area contributed by atoms with Gasteiger partial charge in [-0.15, -0.1) is 0 Å². The Kier molecular flexibility index (Phi) is 3.60. The summed E-state index contributed by atoms with van der Waals surface area (Å²) in [5.74, 6) is 0.154. The fourth-order valence-corrected chi connectivity index (χ4v) is 1.54. The van der Waals surface area contributed by atoms with Gasteiger partial charge in [-0.2, -0.15) is 4.98 Å². The lowest BCUT2D eigenvalue weighted by Gasteiger charge is -2.08. The van der Waals surface area contributed by atoms with Crippen molar-refractivity contribution in [3.63, 3.8) is 0 Å². The maximum absolute atomic E-state index is 11.0. The standard InChI is InChI=1S/C11H13N5O3/c1-6-15-10(19-16-6)2-3-13-8-5-14-9(12)4-7(8)11(17)18/h4-5,13H,2-3H2,1H3,(H2,12,14)(H,17,18). The molecule has 100 valence electrons. The van der Waals surface area contributed by atoms with E-state index in [1.165, 1.54) is 12.3 Å². The highest BCUT2D eigenvalue weighted by atomic mass is 16.5. The van der Waals surface area contributed by atoms with Gasteiger partial charge in [-0.1, -0.05) is 5.16 Å². The minimum absolute atomic E-state index is 0.0780. The van der Waals surface area contributed by atoms with Gasteiger partial charge in [0.05, 0.1) is 17.4 Å². The number of carboxylic acids is 1. The van der Waals surface area contributed by atoms with Crippen LogP contribution in [0.25, 0.3) is 0 Å². The summed E-state index contributed by atoms with van der Waals surface area (Å²) in [7, 11) is 0. The zero-order valence-electron chi connectivity index (χ0n) is 10.3. The molecule has 2 aromatic heterocycles. The number of carbonyl (C=O) groups is 1. The van der Waals surface area contributed by atoms with Gasteiger partial charge in [0.15, 0.2) is 5.82 Å². The van der Waals surface area contributed by atoms with Crippen LogP contribution < -0.4 is 11.1 Å². The van der Waals surface area contributed by atoms with Crippen LogP contribution in [0.2, 0.25) is 0 Å². The number of hydrogen-bond acceptors (Lipinski definition) is 7. The van der Waals surface area contributed by atoms with E-state index in [0.29, 0.717) is 30.4 Å². The molecule has 19 heavy (non-hydrogen) atoms. The summed E-state index contributed by atoms with van der Waals surface area (Å²) in [6, 6.07) is 1.31. The Morgan fingerprint density at radius 3 is 3.00 bits per heavy atom. The number of anilines is 2. The maximum Gasteiger partial charge on any atom is 0.337 e. The topological polar surface area (TPSA) is 127 Å². The van der Waals surface area contributed by atoms with E-state index in [2.05, 4.69) is 20.4 Å². The number of nitrogens with one attached hydrogen (secondary N) is 1. The van der Waals surface area contributed by atoms with Gasteiger partial charge in [0.25, 0.3) is 0 Å². The number of aryl methyl sites for hydroxylation is 1. The largest absolute Gasteiger partial charge is 0.478 e. The summed E-state index contributed by atoms with van der Waals surface area (Å²) in [5.41, 5.74) is 5.93. The molecule has 0 unspecified atom stereocenters. The van der Waals surface area contributed by atoms with Crippen LogP contribution in [-0.2, 0) is 6.42 Å². The van der Waals surface area contributed by atoms with E-state index in [0.717, 1.165) is 0 Å². The second-order valence-corrected chi connectivity index (χ2v) is 3.87. The summed E-state index contributed by atoms with van der Waals surface area (Å²) in [4.78, 5) is 18.9. The number of nitrogen functional groups attached to an aromatic ring is 1. The minimum Gasteiger partial charge on any atom is -0.478 e. The summed E-state index contributed by atoms with van der Waals surface area (Å²) in [6.45, 7) is 2.18. The zero-order chi connectivity index (χ0) is 13.8. The summed E-state index contributed by atoms with van der Waals surface area (Å²) in [5, 5.41) is 15.7. The predicted octanol–water partition coefficient (Wildman–Crippen LogP) is 0.708. The fourth-order valence-electron chi connectivity index (χ4n) is 1.54. The number of hydrogen-bond donors (Lipinski definition) is 3. The van der Waals surface area contributed by atoms with Gasteiger partial charge < -0.3 is 20.7 Å². The van der Waals surface area contributed by atoms with E-state index in [9.17, 15) is 4.79 Å². The van der Waals surface area contributed by atoms with Crippen LogP contribution in [0.5, 0.6) is 0 Å². The third-order valence-electron chi connectivity index (χ3n) is 2.38. The molecule has 0 fully saturated rings. The lowest BCUT2D eigenvalue weighted by Crippen LogP contribution is -2.11. The molecular formula is C11H13N5O3. The monoisotopic (exact) mass is 263 g/mol. The van der Waals surface area contributed by atoms with Crippen molar-refractivity contribution in [1.29, 1.82) is 0 Å². The van der Waals surface area contributed by atoms with Crippen molar-refractivity contribution in [2.45, 2.75) is 13.3 Å². The molecular weight excluding hydrogens is 250 g/mol. The molecule has 0 bridgehead atoms. The SMILES string of the molecule is Cc1noc(CCNc2cnc(N)cc2C(=O)O)n1. The van der Waals surface area contributed by atoms with Crippen molar-refractivity contribution < 1.29 is 14.4 Å². The fraction of sp³-hybridized carbons (Fsp3) is 0.273. The van der Waals surface area contributed by atoms with Gasteiger partial charge in [0.1, 0.15) is 5.82 Å². The van der Waals surface area contributed by atoms with Crippen molar-refractivity contribution in [2.75, 3.05) is 17.6 Å². The van der Waals surface area contributed by atoms with Gasteiger partial charge in [0, 0.05) is 13.0 Å². The van der Waals surface area contributed by atoms with E-state index < -0.39 is 5.97 Å². The van der Waals surface area contributed by atoms with Crippen LogP contribution in [0, 0.1) is 6.92 Å². The number of rotatable bonds is 5. The van der Waals surface area contributed by atoms with Gasteiger partial charge >= 0.3 is 5.97 Å². The smallest absolute Gasteiger partial charge is 0.337 e. The van der Waals surface area contributed by atoms with E-state index in [1.54, 1.807) is 6.92 Å². The maximum atomic E-state index is 11.0. The lowest BCUT2D eigenvalue weighted by atomic mass is 10.2. The van der Waals surface area contributed by atoms with E-state index in [-0.39, 0.29) is 11.4 Å². The highest BCUT2D eigenvalue weighted by Gasteiger charge is 2.11. The summed E-state index contributed by atoms with van der Waals surface area (Å²) in [6.07, 6.45) is 1.88. The zero-order valence-corrected chi connectivity index (χ0v) is 10.3. The first-order chi connectivity index (χ1) is 9.06. The minimum atomic E-state index is -1.06. The van der Waals surface area contributed by atoms with Crippen LogP contribution in [-0.4, -0.2) is 32.7 Å². The molecule has 2 rings (SSSR count). The lowest BCUT2D eigenvalue weighted by molar-refractivity contribution is 0.0698. The van der Waals surface area contributed by atoms with Crippen LogP contribution in [0.1, 0.15) is 22.1 Å². The van der Waals surface area contributed by atoms with Gasteiger partial charge in [-0.05, 0) is 13.0 Å². The molecule has 0 saturated carbocycles. The molecule has 8 heteroatoms. The Balaban J connectivity index is 2.01. The first-order valence-corrected chi connectivity index (χ1v) is 5.58. The molecule has 0 radical (unpaired) electrons. The third kappa shape index (κ3) is 3.18. The molecule has 0 atom stereocenters. The summed E-state index contributed by atoms with van der Waals surface area (Å²) < 4.78 is 4.95. The average Bonchev–Trinajstić information content (AvgIpc) is 2.77. The van der Waals surface area contributed by atoms with E-state index >= 15 is 0 Å². The number of aromatic carboxylic acids is 1. The van der Waals surface area contributed by atoms with Crippen molar-refractivity contribution in [2.24, 2.45) is 0 Å². The number of nitrogens with two attached hydrogens (primary N) is 1. The molecule has 0 aromatic carbocycles. The highest BCUT2D eigenvalue weighted by molar-refractivity contribution is 5.94. The number of pyridine rings is 1. The molecule has 0 saturated heterocycles. The second kappa shape index (κ2) is 5.34. The number of aromatic nitrogens is 3. The average molecular weight is 263 g/mol. The van der Waals surface area contributed by atoms with E-state index in [1.807, 2.05) is 0 Å². The Bertz CT molecular complexity index is 596. The number of carboxylic acid groups (broad SMARTS) is 1. The molecule has 4 N–H and O–H groups in total. The molecule has 0 spiro atoms. The summed E-state index contributed by atoms with van der Waals surface area (Å²) >= 11 is 0. The second-order valence-electron chi connectivity index (χ2n) is 3.87. The van der Waals surface area contributed by atoms with Crippen LogP contribution in [0.4, 0.5) is 11.5 Å². The molecule has 0 amide bonds. The quantitative estimate of drug-likeness (QED) is 0.719. The molecule has 2 heterocycles. The Labute approximate surface area is 108 Å². The highest BCUT2D eigenvalue weighted by Crippen LogP contribution is 2.16. The first-order valence-electron chi connectivity index (χ1n) is 5.58. The number of nitrogens with zero attached hydrogens (tertiary/aromatic N) is 3. The van der Waals surface area contributed by atoms with Gasteiger partial charge in [0.2, 0.25) is 5.89 Å². The molecule has 0 aliphatic heterocycles. The van der Waals surface area contributed by atoms with Crippen molar-refractivity contribution in [1.82, 2.24) is 15.1 Å². The van der Waals surface area contributed by atoms with E-state index in [4.69, 9.17) is 15.4 Å². The Hall–Kier alpha value is -2.64. The van der Waals surface area contributed by atoms with Crippen LogP contribution in [0.15, 0.2) is 16.8 Å². The van der Waals surface area contributed by atoms with Crippen molar-refractivity contribution in [3.8, 4) is 0 Å². The van der Waals surface area contributed by atoms with Crippen LogP contribution in [0.3, 0.4) is 0 Å². The van der Waals surface area contributed by atoms with Gasteiger partial charge in [-0.25, -0.2) is 9.78 Å². The Morgan fingerprint density at radius 2 is 2.37 bits per heavy atom. The Morgan fingerprint density at radius 1 is 1.58 bits per heavy atom. The molecule has 8 nitrogen and oxygen atoms in total. The van der Waals surface area contributed by atoms with Crippen molar-refractivity contribution >= 4 is 17.5 Å². The third-order valence-corrected chi connectivity index (χ3v) is 2.38. The van der Waals surface area contributed by atoms with Crippen LogP contribution >= 0.6 is 0 Å². The van der Waals surface area contributed by atoms with Gasteiger partial charge in [-0.3, -0.25) is 0 Å². The van der Waals surface area contributed by atoms with Crippen molar-refractivity contribution in [3.05, 3.63) is 29.5 Å².